The molecule has 1 heterocycles. The van der Waals surface area contributed by atoms with Crippen molar-refractivity contribution >= 4 is 21.8 Å². The number of hydrogen-bond donors (Lipinski definition) is 2. The second-order valence-electron chi connectivity index (χ2n) is 5.04. The molecule has 0 saturated heterocycles. The van der Waals surface area contributed by atoms with Crippen LogP contribution in [0.4, 0.5) is 0 Å². The van der Waals surface area contributed by atoms with E-state index in [-0.39, 0.29) is 24.0 Å². The van der Waals surface area contributed by atoms with Gasteiger partial charge in [0.2, 0.25) is 5.91 Å². The van der Waals surface area contributed by atoms with E-state index >= 15 is 0 Å². The lowest BCUT2D eigenvalue weighted by Crippen LogP contribution is -2.45. The summed E-state index contributed by atoms with van der Waals surface area (Å²) in [4.78, 5) is 11.6. The Labute approximate surface area is 110 Å². The van der Waals surface area contributed by atoms with Crippen molar-refractivity contribution in [1.29, 1.82) is 0 Å². The molecule has 0 fully saturated rings. The molecule has 17 heavy (non-hydrogen) atoms. The summed E-state index contributed by atoms with van der Waals surface area (Å²) >= 11 is 3.25. The number of hydrogen-bond acceptors (Lipinski definition) is 3. The molecule has 1 amide bonds. The van der Waals surface area contributed by atoms with Gasteiger partial charge in [-0.1, -0.05) is 0 Å². The summed E-state index contributed by atoms with van der Waals surface area (Å²) in [5.41, 5.74) is -0.199. The molecule has 0 spiro atoms. The summed E-state index contributed by atoms with van der Waals surface area (Å²) in [5, 5.41) is 6.00. The van der Waals surface area contributed by atoms with Crippen LogP contribution in [0, 0.1) is 0 Å². The highest BCUT2D eigenvalue weighted by Gasteiger charge is 2.15. The van der Waals surface area contributed by atoms with Gasteiger partial charge in [-0.05, 0) is 55.8 Å². The van der Waals surface area contributed by atoms with Crippen LogP contribution in [0.15, 0.2) is 21.2 Å². The predicted molar refractivity (Wildman–Crippen MR) is 70.7 cm³/mol. The van der Waals surface area contributed by atoms with E-state index in [0.717, 1.165) is 5.76 Å². The van der Waals surface area contributed by atoms with Crippen LogP contribution < -0.4 is 10.6 Å². The summed E-state index contributed by atoms with van der Waals surface area (Å²) in [6.07, 6.45) is 0. The van der Waals surface area contributed by atoms with Gasteiger partial charge in [-0.3, -0.25) is 10.1 Å². The standard InChI is InChI=1S/C12H19BrN2O2/c1-8(9-5-6-10(13)17-9)14-7-11(16)15-12(2,3)4/h5-6,8,14H,7H2,1-4H3,(H,15,16). The molecule has 5 heteroatoms. The molecule has 4 nitrogen and oxygen atoms in total. The highest BCUT2D eigenvalue weighted by atomic mass is 79.9. The van der Waals surface area contributed by atoms with Gasteiger partial charge in [0.1, 0.15) is 5.76 Å². The lowest BCUT2D eigenvalue weighted by Gasteiger charge is -2.21. The number of halogens is 1. The first-order chi connectivity index (χ1) is 7.78. The summed E-state index contributed by atoms with van der Waals surface area (Å²) in [5.74, 6) is 0.787. The zero-order valence-corrected chi connectivity index (χ0v) is 12.2. The highest BCUT2D eigenvalue weighted by molar-refractivity contribution is 9.10. The van der Waals surface area contributed by atoms with Gasteiger partial charge in [-0.25, -0.2) is 0 Å². The van der Waals surface area contributed by atoms with Crippen LogP contribution in [0.5, 0.6) is 0 Å². The second-order valence-corrected chi connectivity index (χ2v) is 5.82. The Kier molecular flexibility index (Phi) is 4.77. The van der Waals surface area contributed by atoms with E-state index < -0.39 is 0 Å². The van der Waals surface area contributed by atoms with Gasteiger partial charge in [0.05, 0.1) is 12.6 Å². The Balaban J connectivity index is 2.38. The number of carbonyl (C=O) groups excluding carboxylic acids is 1. The number of amides is 1. The van der Waals surface area contributed by atoms with Gasteiger partial charge in [-0.2, -0.15) is 0 Å². The van der Waals surface area contributed by atoms with Gasteiger partial charge in [0.15, 0.2) is 4.67 Å². The SMILES string of the molecule is CC(NCC(=O)NC(C)(C)C)c1ccc(Br)o1. The number of rotatable bonds is 4. The van der Waals surface area contributed by atoms with Crippen molar-refractivity contribution in [1.82, 2.24) is 10.6 Å². The van der Waals surface area contributed by atoms with Crippen molar-refractivity contribution in [3.05, 3.63) is 22.6 Å². The van der Waals surface area contributed by atoms with Crippen LogP contribution in [-0.4, -0.2) is 18.0 Å². The molecular formula is C12H19BrN2O2. The van der Waals surface area contributed by atoms with Gasteiger partial charge in [-0.15, -0.1) is 0 Å². The Morgan fingerprint density at radius 2 is 2.12 bits per heavy atom. The Bertz CT molecular complexity index is 382. The summed E-state index contributed by atoms with van der Waals surface area (Å²) in [7, 11) is 0. The van der Waals surface area contributed by atoms with Crippen molar-refractivity contribution in [2.75, 3.05) is 6.54 Å². The average molecular weight is 303 g/mol. The zero-order valence-electron chi connectivity index (χ0n) is 10.6. The molecule has 1 aromatic rings. The van der Waals surface area contributed by atoms with Crippen LogP contribution in [0.1, 0.15) is 39.5 Å². The van der Waals surface area contributed by atoms with Gasteiger partial charge in [0, 0.05) is 5.54 Å². The minimum Gasteiger partial charge on any atom is -0.453 e. The molecule has 96 valence electrons. The second kappa shape index (κ2) is 5.69. The van der Waals surface area contributed by atoms with E-state index in [1.54, 1.807) is 0 Å². The van der Waals surface area contributed by atoms with Crippen molar-refractivity contribution in [3.8, 4) is 0 Å². The highest BCUT2D eigenvalue weighted by Crippen LogP contribution is 2.19. The molecule has 1 unspecified atom stereocenters. The van der Waals surface area contributed by atoms with Crippen molar-refractivity contribution in [2.45, 2.75) is 39.3 Å². The van der Waals surface area contributed by atoms with Crippen LogP contribution in [0.3, 0.4) is 0 Å². The molecule has 0 radical (unpaired) electrons. The Morgan fingerprint density at radius 3 is 2.59 bits per heavy atom. The van der Waals surface area contributed by atoms with Crippen LogP contribution in [-0.2, 0) is 4.79 Å². The number of nitrogens with one attached hydrogen (secondary N) is 2. The van der Waals surface area contributed by atoms with E-state index in [0.29, 0.717) is 4.67 Å². The quantitative estimate of drug-likeness (QED) is 0.899. The lowest BCUT2D eigenvalue weighted by atomic mass is 10.1. The maximum Gasteiger partial charge on any atom is 0.234 e. The van der Waals surface area contributed by atoms with E-state index in [1.807, 2.05) is 39.8 Å². The monoisotopic (exact) mass is 302 g/mol. The van der Waals surface area contributed by atoms with Crippen molar-refractivity contribution < 1.29 is 9.21 Å². The topological polar surface area (TPSA) is 54.3 Å². The van der Waals surface area contributed by atoms with E-state index in [4.69, 9.17) is 4.42 Å². The number of furan rings is 1. The molecule has 0 saturated carbocycles. The maximum absolute atomic E-state index is 11.6. The maximum atomic E-state index is 11.6. The number of carbonyl (C=O) groups is 1. The van der Waals surface area contributed by atoms with Crippen molar-refractivity contribution in [2.24, 2.45) is 0 Å². The van der Waals surface area contributed by atoms with E-state index in [2.05, 4.69) is 26.6 Å². The summed E-state index contributed by atoms with van der Waals surface area (Å²) < 4.78 is 6.10. The summed E-state index contributed by atoms with van der Waals surface area (Å²) in [6, 6.07) is 3.72. The zero-order chi connectivity index (χ0) is 13.1. The molecule has 0 aliphatic heterocycles. The molecular weight excluding hydrogens is 284 g/mol. The fourth-order valence-electron chi connectivity index (χ4n) is 1.37. The van der Waals surface area contributed by atoms with Crippen LogP contribution in [0.25, 0.3) is 0 Å². The first kappa shape index (κ1) is 14.3. The molecule has 0 aromatic carbocycles. The smallest absolute Gasteiger partial charge is 0.234 e. The molecule has 1 aromatic heterocycles. The predicted octanol–water partition coefficient (Wildman–Crippen LogP) is 2.61. The molecule has 1 atom stereocenters. The first-order valence-electron chi connectivity index (χ1n) is 5.57. The van der Waals surface area contributed by atoms with Gasteiger partial charge >= 0.3 is 0 Å². The van der Waals surface area contributed by atoms with Crippen LogP contribution in [0.2, 0.25) is 0 Å². The summed E-state index contributed by atoms with van der Waals surface area (Å²) in [6.45, 7) is 8.10. The third kappa shape index (κ3) is 5.37. The first-order valence-corrected chi connectivity index (χ1v) is 6.37. The molecule has 0 bridgehead atoms. The molecule has 0 aliphatic carbocycles. The molecule has 1 rings (SSSR count). The normalized spacial score (nSPS) is 13.5. The van der Waals surface area contributed by atoms with Crippen LogP contribution >= 0.6 is 15.9 Å². The minimum atomic E-state index is -0.199. The van der Waals surface area contributed by atoms with E-state index in [1.165, 1.54) is 0 Å². The lowest BCUT2D eigenvalue weighted by molar-refractivity contribution is -0.121. The third-order valence-corrected chi connectivity index (χ3v) is 2.53. The van der Waals surface area contributed by atoms with Gasteiger partial charge < -0.3 is 9.73 Å². The third-order valence-electron chi connectivity index (χ3n) is 2.10. The van der Waals surface area contributed by atoms with Gasteiger partial charge in [0.25, 0.3) is 0 Å². The van der Waals surface area contributed by atoms with Crippen molar-refractivity contribution in [3.63, 3.8) is 0 Å². The van der Waals surface area contributed by atoms with E-state index in [9.17, 15) is 4.79 Å². The average Bonchev–Trinajstić information content (AvgIpc) is 2.58. The Morgan fingerprint density at radius 1 is 1.47 bits per heavy atom. The Hall–Kier alpha value is -0.810. The fourth-order valence-corrected chi connectivity index (χ4v) is 1.69. The molecule has 0 aliphatic rings. The fraction of sp³-hybridized carbons (Fsp3) is 0.583. The minimum absolute atomic E-state index is 0.00650. The molecule has 2 N–H and O–H groups in total. The largest absolute Gasteiger partial charge is 0.453 e.